The normalized spacial score (nSPS) is 14.0. The van der Waals surface area contributed by atoms with E-state index in [0.717, 1.165) is 12.3 Å². The number of hydrogen-bond acceptors (Lipinski definition) is 9. The summed E-state index contributed by atoms with van der Waals surface area (Å²) in [5, 5.41) is 28.3. The van der Waals surface area contributed by atoms with Gasteiger partial charge in [0.15, 0.2) is 9.84 Å². The molecule has 0 saturated heterocycles. The van der Waals surface area contributed by atoms with Crippen LogP contribution < -0.4 is 21.3 Å². The number of carboxylic acids is 1. The van der Waals surface area contributed by atoms with E-state index in [2.05, 4.69) is 21.3 Å². The average molecular weight is 690 g/mol. The number of alkyl carbamates (subject to hydrolysis) is 1. The lowest BCUT2D eigenvalue weighted by Crippen LogP contribution is -2.55. The first-order valence-corrected chi connectivity index (χ1v) is 16.5. The summed E-state index contributed by atoms with van der Waals surface area (Å²) in [6.07, 6.45) is -0.369. The summed E-state index contributed by atoms with van der Waals surface area (Å²) < 4.78 is 28.0. The van der Waals surface area contributed by atoms with Crippen molar-refractivity contribution in [3.8, 4) is 6.07 Å². The van der Waals surface area contributed by atoms with Gasteiger partial charge in [0.25, 0.3) is 0 Å². The highest BCUT2D eigenvalue weighted by Gasteiger charge is 2.33. The Kier molecular flexibility index (Phi) is 14.9. The van der Waals surface area contributed by atoms with E-state index in [1.165, 1.54) is 12.1 Å². The van der Waals surface area contributed by atoms with Crippen LogP contribution in [0.1, 0.15) is 43.9 Å². The summed E-state index contributed by atoms with van der Waals surface area (Å²) in [6.45, 7) is 3.09. The first-order chi connectivity index (χ1) is 22.1. The number of nitrogens with zero attached hydrogens (tertiary/aromatic N) is 1. The Hall–Kier alpha value is -4.94. The van der Waals surface area contributed by atoms with Crippen molar-refractivity contribution in [1.82, 2.24) is 21.3 Å². The Bertz CT molecular complexity index is 1600. The van der Waals surface area contributed by atoms with Gasteiger partial charge in [0.2, 0.25) is 17.7 Å². The van der Waals surface area contributed by atoms with Gasteiger partial charge in [-0.05, 0) is 23.1 Å². The molecule has 4 atom stereocenters. The van der Waals surface area contributed by atoms with Gasteiger partial charge in [0, 0.05) is 6.26 Å². The maximum absolute atomic E-state index is 13.6. The molecular formula is C31H36ClN5O9S. The molecular weight excluding hydrogens is 654 g/mol. The van der Waals surface area contributed by atoms with Gasteiger partial charge >= 0.3 is 12.1 Å². The van der Waals surface area contributed by atoms with Crippen molar-refractivity contribution in [2.45, 2.75) is 57.5 Å². The van der Waals surface area contributed by atoms with Crippen molar-refractivity contribution in [2.24, 2.45) is 5.92 Å². The van der Waals surface area contributed by atoms with Crippen LogP contribution in [0.2, 0.25) is 0 Å². The highest BCUT2D eigenvalue weighted by atomic mass is 35.5. The van der Waals surface area contributed by atoms with Crippen LogP contribution in [-0.2, 0) is 40.4 Å². The SMILES string of the molecule is CC(C)[C@H](NC(=O)[C@@H](NC(=O)[C@H](CC(=O)O)NC(=O)OCc1ccccc1)c1ccccc1)C(=O)N[C@H](/C=C(\Cl)S(C)(=O)=O)CC#N. The predicted octanol–water partition coefficient (Wildman–Crippen LogP) is 2.28. The van der Waals surface area contributed by atoms with E-state index in [4.69, 9.17) is 16.3 Å². The molecule has 0 aliphatic rings. The molecule has 47 heavy (non-hydrogen) atoms. The summed E-state index contributed by atoms with van der Waals surface area (Å²) in [7, 11) is -3.81. The Morgan fingerprint density at radius 2 is 1.51 bits per heavy atom. The minimum Gasteiger partial charge on any atom is -0.481 e. The molecule has 252 valence electrons. The fraction of sp³-hybridized carbons (Fsp3) is 0.355. The smallest absolute Gasteiger partial charge is 0.408 e. The van der Waals surface area contributed by atoms with Crippen LogP contribution in [0.4, 0.5) is 4.79 Å². The van der Waals surface area contributed by atoms with Crippen molar-refractivity contribution in [1.29, 1.82) is 5.26 Å². The van der Waals surface area contributed by atoms with E-state index in [1.54, 1.807) is 62.4 Å². The Balaban J connectivity index is 2.28. The molecule has 0 heterocycles. The summed E-state index contributed by atoms with van der Waals surface area (Å²) >= 11 is 5.82. The Morgan fingerprint density at radius 1 is 0.915 bits per heavy atom. The lowest BCUT2D eigenvalue weighted by atomic mass is 10.00. The number of hydrogen-bond donors (Lipinski definition) is 5. The molecule has 0 unspecified atom stereocenters. The van der Waals surface area contributed by atoms with E-state index in [9.17, 15) is 42.8 Å². The molecule has 4 amide bonds. The largest absolute Gasteiger partial charge is 0.481 e. The summed E-state index contributed by atoms with van der Waals surface area (Å²) in [4.78, 5) is 64.3. The molecule has 0 aromatic heterocycles. The van der Waals surface area contributed by atoms with Gasteiger partial charge < -0.3 is 31.1 Å². The molecule has 0 bridgehead atoms. The number of rotatable bonds is 16. The number of carbonyl (C=O) groups is 5. The van der Waals surface area contributed by atoms with Crippen LogP contribution in [0.5, 0.6) is 0 Å². The second kappa shape index (κ2) is 18.3. The number of nitriles is 1. The quantitative estimate of drug-likeness (QED) is 0.173. The summed E-state index contributed by atoms with van der Waals surface area (Å²) in [6, 6.07) is 12.9. The second-order valence-electron chi connectivity index (χ2n) is 10.7. The lowest BCUT2D eigenvalue weighted by Gasteiger charge is -2.27. The summed E-state index contributed by atoms with van der Waals surface area (Å²) in [5.41, 5.74) is 0.923. The topological polar surface area (TPSA) is 221 Å². The fourth-order valence-electron chi connectivity index (χ4n) is 4.06. The lowest BCUT2D eigenvalue weighted by molar-refractivity contribution is -0.140. The molecule has 0 saturated carbocycles. The molecule has 14 nitrogen and oxygen atoms in total. The molecule has 0 aliphatic carbocycles. The van der Waals surface area contributed by atoms with Gasteiger partial charge in [-0.25, -0.2) is 13.2 Å². The number of nitrogens with one attached hydrogen (secondary N) is 4. The van der Waals surface area contributed by atoms with Gasteiger partial charge in [0.05, 0.1) is 25.0 Å². The van der Waals surface area contributed by atoms with Crippen LogP contribution in [0.15, 0.2) is 71.1 Å². The monoisotopic (exact) mass is 689 g/mol. The van der Waals surface area contributed by atoms with E-state index < -0.39 is 80.5 Å². The number of sulfone groups is 1. The highest BCUT2D eigenvalue weighted by molar-refractivity contribution is 7.96. The number of aliphatic carboxylic acids is 1. The van der Waals surface area contributed by atoms with E-state index in [0.29, 0.717) is 5.56 Å². The molecule has 2 aromatic rings. The first kappa shape index (κ1) is 38.2. The number of benzene rings is 2. The zero-order chi connectivity index (χ0) is 35.1. The maximum atomic E-state index is 13.6. The zero-order valence-electron chi connectivity index (χ0n) is 25.8. The predicted molar refractivity (Wildman–Crippen MR) is 171 cm³/mol. The van der Waals surface area contributed by atoms with Crippen molar-refractivity contribution in [2.75, 3.05) is 6.26 Å². The van der Waals surface area contributed by atoms with Crippen molar-refractivity contribution in [3.63, 3.8) is 0 Å². The fourth-order valence-corrected chi connectivity index (χ4v) is 4.62. The van der Waals surface area contributed by atoms with Crippen LogP contribution in [0.25, 0.3) is 0 Å². The highest BCUT2D eigenvalue weighted by Crippen LogP contribution is 2.16. The molecule has 16 heteroatoms. The zero-order valence-corrected chi connectivity index (χ0v) is 27.4. The Morgan fingerprint density at radius 3 is 2.04 bits per heavy atom. The average Bonchev–Trinajstić information content (AvgIpc) is 3.01. The van der Waals surface area contributed by atoms with Crippen LogP contribution in [0.3, 0.4) is 0 Å². The number of ether oxygens (including phenoxy) is 1. The number of halogens is 1. The number of carbonyl (C=O) groups excluding carboxylic acids is 4. The molecule has 5 N–H and O–H groups in total. The third kappa shape index (κ3) is 13.1. The van der Waals surface area contributed by atoms with Crippen LogP contribution in [0, 0.1) is 17.2 Å². The minimum atomic E-state index is -3.81. The molecule has 2 rings (SSSR count). The first-order valence-electron chi connectivity index (χ1n) is 14.2. The summed E-state index contributed by atoms with van der Waals surface area (Å²) in [5.74, 6) is -4.60. The minimum absolute atomic E-state index is 0.146. The van der Waals surface area contributed by atoms with Crippen molar-refractivity contribution < 1.29 is 42.2 Å². The standard InChI is InChI=1S/C31H36ClN5O9S/c1-19(2)26(29(41)34-22(14-15-33)16-24(32)47(3,44)45)36-30(42)27(21-12-8-5-9-13-21)37-28(40)23(17-25(38)39)35-31(43)46-18-20-10-6-4-7-11-20/h4-13,16,19,22-23,26-27H,14,17-18H2,1-3H3,(H,34,41)(H,35,43)(H,36,42)(H,37,40)(H,38,39)/b24-16+/t22-,23-,26-,27-/m0/s1. The van der Waals surface area contributed by atoms with Gasteiger partial charge in [-0.15, -0.1) is 0 Å². The maximum Gasteiger partial charge on any atom is 0.408 e. The number of carboxylic acid groups (broad SMARTS) is 1. The second-order valence-corrected chi connectivity index (χ2v) is 13.3. The number of amides is 4. The third-order valence-electron chi connectivity index (χ3n) is 6.45. The Labute approximate surface area is 277 Å². The van der Waals surface area contributed by atoms with Gasteiger partial charge in [-0.2, -0.15) is 5.26 Å². The molecule has 0 radical (unpaired) electrons. The van der Waals surface area contributed by atoms with Crippen molar-refractivity contribution in [3.05, 3.63) is 82.2 Å². The van der Waals surface area contributed by atoms with E-state index in [1.807, 2.05) is 6.07 Å². The molecule has 0 spiro atoms. The van der Waals surface area contributed by atoms with E-state index in [-0.39, 0.29) is 18.6 Å². The molecule has 0 fully saturated rings. The van der Waals surface area contributed by atoms with Crippen LogP contribution in [-0.4, -0.2) is 67.7 Å². The van der Waals surface area contributed by atoms with Gasteiger partial charge in [0.1, 0.15) is 29.1 Å². The third-order valence-corrected chi connectivity index (χ3v) is 8.27. The van der Waals surface area contributed by atoms with Crippen molar-refractivity contribution >= 4 is 51.2 Å². The van der Waals surface area contributed by atoms with Crippen LogP contribution >= 0.6 is 11.6 Å². The van der Waals surface area contributed by atoms with Gasteiger partial charge in [-0.3, -0.25) is 19.2 Å². The molecule has 0 aliphatic heterocycles. The molecule has 2 aromatic carbocycles. The van der Waals surface area contributed by atoms with Gasteiger partial charge in [-0.1, -0.05) is 86.1 Å². The van der Waals surface area contributed by atoms with E-state index >= 15 is 0 Å².